The summed E-state index contributed by atoms with van der Waals surface area (Å²) >= 11 is 0. The van der Waals surface area contributed by atoms with Gasteiger partial charge in [0.15, 0.2) is 0 Å². The van der Waals surface area contributed by atoms with E-state index in [9.17, 15) is 8.42 Å². The zero-order chi connectivity index (χ0) is 14.1. The molecule has 2 rings (SSSR count). The van der Waals surface area contributed by atoms with Crippen molar-refractivity contribution >= 4 is 15.9 Å². The standard InChI is InChI=1S/C11H19N5O2S/c1-16-8-9(7-14-16)19(17,18)15-11(10(12)13)5-3-2-4-6-11/h7-8,15H,2-6H2,1H3,(H3,12,13). The van der Waals surface area contributed by atoms with Crippen LogP contribution in [0.2, 0.25) is 0 Å². The van der Waals surface area contributed by atoms with E-state index >= 15 is 0 Å². The lowest BCUT2D eigenvalue weighted by molar-refractivity contribution is 0.348. The molecule has 1 fully saturated rings. The molecule has 106 valence electrons. The van der Waals surface area contributed by atoms with E-state index in [2.05, 4.69) is 9.82 Å². The Kier molecular flexibility index (Phi) is 3.64. The van der Waals surface area contributed by atoms with E-state index in [1.807, 2.05) is 0 Å². The summed E-state index contributed by atoms with van der Waals surface area (Å²) < 4.78 is 28.6. The molecular weight excluding hydrogens is 266 g/mol. The molecule has 7 nitrogen and oxygen atoms in total. The Morgan fingerprint density at radius 2 is 2.11 bits per heavy atom. The first-order valence-corrected chi connectivity index (χ1v) is 7.71. The molecule has 0 aromatic carbocycles. The Balaban J connectivity index is 2.29. The second-order valence-corrected chi connectivity index (χ2v) is 6.69. The molecule has 1 heterocycles. The van der Waals surface area contributed by atoms with E-state index in [0.29, 0.717) is 12.8 Å². The molecule has 0 unspecified atom stereocenters. The second-order valence-electron chi connectivity index (χ2n) is 5.01. The number of hydrogen-bond donors (Lipinski definition) is 3. The molecule has 1 saturated carbocycles. The number of aromatic nitrogens is 2. The summed E-state index contributed by atoms with van der Waals surface area (Å²) in [6.45, 7) is 0. The summed E-state index contributed by atoms with van der Waals surface area (Å²) in [5, 5.41) is 11.6. The summed E-state index contributed by atoms with van der Waals surface area (Å²) in [5.41, 5.74) is 4.69. The first-order chi connectivity index (χ1) is 8.86. The molecule has 0 atom stereocenters. The van der Waals surface area contributed by atoms with Gasteiger partial charge in [-0.05, 0) is 12.8 Å². The van der Waals surface area contributed by atoms with Crippen molar-refractivity contribution in [2.24, 2.45) is 12.8 Å². The first-order valence-electron chi connectivity index (χ1n) is 6.23. The molecule has 1 aliphatic rings. The SMILES string of the molecule is Cn1cc(S(=O)(=O)NC2(C(=N)N)CCCCC2)cn1. The van der Waals surface area contributed by atoms with Gasteiger partial charge in [0.25, 0.3) is 0 Å². The van der Waals surface area contributed by atoms with Crippen LogP contribution in [0.5, 0.6) is 0 Å². The van der Waals surface area contributed by atoms with Crippen molar-refractivity contribution in [3.63, 3.8) is 0 Å². The van der Waals surface area contributed by atoms with Crippen molar-refractivity contribution < 1.29 is 8.42 Å². The highest BCUT2D eigenvalue weighted by Crippen LogP contribution is 2.29. The number of rotatable bonds is 4. The molecule has 1 aromatic rings. The predicted molar refractivity (Wildman–Crippen MR) is 71.3 cm³/mol. The maximum Gasteiger partial charge on any atom is 0.244 e. The van der Waals surface area contributed by atoms with Crippen molar-refractivity contribution in [3.05, 3.63) is 12.4 Å². The van der Waals surface area contributed by atoms with Crippen LogP contribution in [0, 0.1) is 5.41 Å². The summed E-state index contributed by atoms with van der Waals surface area (Å²) in [6, 6.07) is 0. The van der Waals surface area contributed by atoms with Gasteiger partial charge in [-0.1, -0.05) is 19.3 Å². The van der Waals surface area contributed by atoms with Crippen LogP contribution in [0.15, 0.2) is 17.3 Å². The van der Waals surface area contributed by atoms with Crippen LogP contribution in [0.1, 0.15) is 32.1 Å². The molecule has 0 spiro atoms. The summed E-state index contributed by atoms with van der Waals surface area (Å²) in [7, 11) is -2.04. The maximum atomic E-state index is 12.3. The van der Waals surface area contributed by atoms with E-state index in [4.69, 9.17) is 11.1 Å². The molecule has 0 aliphatic heterocycles. The van der Waals surface area contributed by atoms with Crippen LogP contribution in [0.25, 0.3) is 0 Å². The third-order valence-electron chi connectivity index (χ3n) is 3.54. The van der Waals surface area contributed by atoms with Gasteiger partial charge in [-0.25, -0.2) is 8.42 Å². The van der Waals surface area contributed by atoms with Crippen LogP contribution in [0.3, 0.4) is 0 Å². The Hall–Kier alpha value is -1.41. The largest absolute Gasteiger partial charge is 0.386 e. The molecule has 0 amide bonds. The fourth-order valence-electron chi connectivity index (χ4n) is 2.44. The van der Waals surface area contributed by atoms with Crippen molar-refractivity contribution in [1.29, 1.82) is 5.41 Å². The number of nitrogens with two attached hydrogens (primary N) is 1. The number of aryl methyl sites for hydroxylation is 1. The highest BCUT2D eigenvalue weighted by molar-refractivity contribution is 7.89. The second kappa shape index (κ2) is 4.93. The molecule has 0 saturated heterocycles. The van der Waals surface area contributed by atoms with Gasteiger partial charge in [0.1, 0.15) is 10.7 Å². The molecule has 0 radical (unpaired) electrons. The number of sulfonamides is 1. The highest BCUT2D eigenvalue weighted by Gasteiger charge is 2.39. The topological polar surface area (TPSA) is 114 Å². The number of nitrogens with one attached hydrogen (secondary N) is 2. The van der Waals surface area contributed by atoms with Gasteiger partial charge in [-0.2, -0.15) is 9.82 Å². The fraction of sp³-hybridized carbons (Fsp3) is 0.636. The normalized spacial score (nSPS) is 19.2. The van der Waals surface area contributed by atoms with Crippen molar-refractivity contribution in [1.82, 2.24) is 14.5 Å². The number of amidine groups is 1. The molecular formula is C11H19N5O2S. The molecule has 19 heavy (non-hydrogen) atoms. The molecule has 0 bridgehead atoms. The lowest BCUT2D eigenvalue weighted by Crippen LogP contribution is -2.57. The average molecular weight is 285 g/mol. The van der Waals surface area contributed by atoms with E-state index < -0.39 is 15.6 Å². The third kappa shape index (κ3) is 2.79. The van der Waals surface area contributed by atoms with Gasteiger partial charge in [-0.3, -0.25) is 10.1 Å². The van der Waals surface area contributed by atoms with E-state index in [1.165, 1.54) is 17.1 Å². The smallest absolute Gasteiger partial charge is 0.244 e. The minimum absolute atomic E-state index is 0.0983. The Morgan fingerprint density at radius 1 is 1.47 bits per heavy atom. The minimum atomic E-state index is -3.70. The molecule has 1 aliphatic carbocycles. The van der Waals surface area contributed by atoms with Gasteiger partial charge in [0, 0.05) is 13.2 Å². The molecule has 8 heteroatoms. The fourth-order valence-corrected chi connectivity index (χ4v) is 3.86. The van der Waals surface area contributed by atoms with Crippen molar-refractivity contribution in [2.75, 3.05) is 0 Å². The van der Waals surface area contributed by atoms with Gasteiger partial charge in [0.05, 0.1) is 11.7 Å². The van der Waals surface area contributed by atoms with Crippen LogP contribution >= 0.6 is 0 Å². The van der Waals surface area contributed by atoms with Crippen LogP contribution in [-0.4, -0.2) is 29.6 Å². The van der Waals surface area contributed by atoms with Gasteiger partial charge >= 0.3 is 0 Å². The lowest BCUT2D eigenvalue weighted by atomic mass is 9.82. The van der Waals surface area contributed by atoms with Crippen LogP contribution < -0.4 is 10.5 Å². The van der Waals surface area contributed by atoms with E-state index in [1.54, 1.807) is 7.05 Å². The Morgan fingerprint density at radius 3 is 2.58 bits per heavy atom. The first kappa shape index (κ1) is 14.0. The highest BCUT2D eigenvalue weighted by atomic mass is 32.2. The summed E-state index contributed by atoms with van der Waals surface area (Å²) in [5.74, 6) is -0.111. The quantitative estimate of drug-likeness (QED) is 0.546. The summed E-state index contributed by atoms with van der Waals surface area (Å²) in [6.07, 6.45) is 6.65. The predicted octanol–water partition coefficient (Wildman–Crippen LogP) is 0.337. The maximum absolute atomic E-state index is 12.3. The average Bonchev–Trinajstić information content (AvgIpc) is 2.77. The van der Waals surface area contributed by atoms with Crippen LogP contribution in [0.4, 0.5) is 0 Å². The van der Waals surface area contributed by atoms with Crippen LogP contribution in [-0.2, 0) is 17.1 Å². The van der Waals surface area contributed by atoms with Crippen molar-refractivity contribution in [3.8, 4) is 0 Å². The summed E-state index contributed by atoms with van der Waals surface area (Å²) in [4.78, 5) is 0.0983. The lowest BCUT2D eigenvalue weighted by Gasteiger charge is -2.36. The third-order valence-corrected chi connectivity index (χ3v) is 5.03. The van der Waals surface area contributed by atoms with Gasteiger partial charge in [-0.15, -0.1) is 0 Å². The zero-order valence-electron chi connectivity index (χ0n) is 10.9. The molecule has 4 N–H and O–H groups in total. The monoisotopic (exact) mass is 285 g/mol. The van der Waals surface area contributed by atoms with Gasteiger partial charge in [0.2, 0.25) is 10.0 Å². The minimum Gasteiger partial charge on any atom is -0.386 e. The Labute approximate surface area is 112 Å². The van der Waals surface area contributed by atoms with Gasteiger partial charge < -0.3 is 5.73 Å². The van der Waals surface area contributed by atoms with E-state index in [-0.39, 0.29) is 10.7 Å². The Bertz CT molecular complexity index is 572. The zero-order valence-corrected chi connectivity index (χ0v) is 11.7. The molecule has 1 aromatic heterocycles. The number of nitrogens with zero attached hydrogens (tertiary/aromatic N) is 2. The van der Waals surface area contributed by atoms with E-state index in [0.717, 1.165) is 19.3 Å². The van der Waals surface area contributed by atoms with Crippen molar-refractivity contribution in [2.45, 2.75) is 42.5 Å². The number of hydrogen-bond acceptors (Lipinski definition) is 4.